The average Bonchev–Trinajstić information content (AvgIpc) is 3.91. The second-order valence-corrected chi connectivity index (χ2v) is 15.3. The summed E-state index contributed by atoms with van der Waals surface area (Å²) >= 11 is 14.2. The van der Waals surface area contributed by atoms with Gasteiger partial charge in [0.05, 0.1) is 40.7 Å². The zero-order chi connectivity index (χ0) is 40.3. The quantitative estimate of drug-likeness (QED) is 0.176. The van der Waals surface area contributed by atoms with Gasteiger partial charge in [0.1, 0.15) is 11.2 Å². The van der Waals surface area contributed by atoms with Crippen LogP contribution in [0.2, 0.25) is 10.0 Å². The molecule has 0 bridgehead atoms. The van der Waals surface area contributed by atoms with Crippen molar-refractivity contribution in [2.45, 2.75) is 37.3 Å². The summed E-state index contributed by atoms with van der Waals surface area (Å²) in [6.07, 6.45) is -0.558. The van der Waals surface area contributed by atoms with Crippen molar-refractivity contribution >= 4 is 51.8 Å². The Morgan fingerprint density at radius 2 is 1.72 bits per heavy atom. The number of aromatic nitrogens is 5. The SMILES string of the molecule is COCCN1C[C@@]2(CCN([C@@H]3CCc4cc(-c5cccc(-c6cccc(Nc7nc(C(F)F)nc8c7c(=O)n(C)c(=O)n8C)c6Cl)c5Cl)nc(OC)c43)C2)NC1=O. The summed E-state index contributed by atoms with van der Waals surface area (Å²) < 4.78 is 40.9. The molecule has 18 heteroatoms. The minimum atomic E-state index is -3.08. The number of alkyl halides is 2. The molecule has 5 aromatic rings. The number of nitrogens with zero attached hydrogens (tertiary/aromatic N) is 7. The van der Waals surface area contributed by atoms with E-state index >= 15 is 0 Å². The van der Waals surface area contributed by atoms with Crippen LogP contribution in [-0.2, 0) is 25.3 Å². The molecule has 2 aliphatic heterocycles. The van der Waals surface area contributed by atoms with Gasteiger partial charge in [-0.15, -0.1) is 0 Å². The van der Waals surface area contributed by atoms with Crippen molar-refractivity contribution in [3.8, 4) is 28.3 Å². The average molecular weight is 823 g/mol. The first-order valence-electron chi connectivity index (χ1n) is 18.3. The van der Waals surface area contributed by atoms with E-state index in [2.05, 4.69) is 25.5 Å². The normalized spacial score (nSPS) is 19.3. The monoisotopic (exact) mass is 821 g/mol. The number of urea groups is 1. The fourth-order valence-electron chi connectivity index (χ4n) is 8.37. The molecule has 8 rings (SSSR count). The molecule has 2 saturated heterocycles. The highest BCUT2D eigenvalue weighted by Gasteiger charge is 2.49. The number of benzene rings is 2. The zero-order valence-corrected chi connectivity index (χ0v) is 33.0. The number of methoxy groups -OCH3 is 2. The Bertz CT molecular complexity index is 2570. The van der Waals surface area contributed by atoms with Gasteiger partial charge in [-0.05, 0) is 37.0 Å². The van der Waals surface area contributed by atoms with E-state index in [4.69, 9.17) is 37.7 Å². The number of amides is 2. The number of anilines is 2. The Morgan fingerprint density at radius 1 is 0.982 bits per heavy atom. The molecule has 1 spiro atoms. The first-order chi connectivity index (χ1) is 27.3. The third kappa shape index (κ3) is 6.67. The molecule has 2 aromatic carbocycles. The molecule has 5 heterocycles. The molecule has 0 radical (unpaired) electrons. The fourth-order valence-corrected chi connectivity index (χ4v) is 8.97. The molecule has 57 heavy (non-hydrogen) atoms. The fraction of sp³-hybridized carbons (Fsp3) is 0.385. The van der Waals surface area contributed by atoms with Gasteiger partial charge in [0.15, 0.2) is 11.5 Å². The number of nitrogens with one attached hydrogen (secondary N) is 2. The number of carbonyl (C=O) groups is 1. The van der Waals surface area contributed by atoms with Crippen molar-refractivity contribution < 1.29 is 23.0 Å². The van der Waals surface area contributed by atoms with Crippen molar-refractivity contribution in [1.29, 1.82) is 0 Å². The van der Waals surface area contributed by atoms with E-state index in [0.717, 1.165) is 52.6 Å². The number of carbonyl (C=O) groups excluding carboxylic acids is 1. The van der Waals surface area contributed by atoms with Crippen LogP contribution in [0.4, 0.5) is 25.1 Å². The van der Waals surface area contributed by atoms with Crippen molar-refractivity contribution in [1.82, 2.24) is 39.2 Å². The van der Waals surface area contributed by atoms with Gasteiger partial charge in [0.2, 0.25) is 5.88 Å². The second kappa shape index (κ2) is 15.0. The molecule has 0 unspecified atom stereocenters. The molecule has 2 atom stereocenters. The summed E-state index contributed by atoms with van der Waals surface area (Å²) in [5.41, 5.74) is 2.68. The minimum absolute atomic E-state index is 0.0583. The Kier molecular flexibility index (Phi) is 10.2. The lowest BCUT2D eigenvalue weighted by Gasteiger charge is -2.28. The second-order valence-electron chi connectivity index (χ2n) is 14.6. The predicted octanol–water partition coefficient (Wildman–Crippen LogP) is 5.86. The molecule has 0 saturated carbocycles. The van der Waals surface area contributed by atoms with Gasteiger partial charge in [-0.1, -0.05) is 53.5 Å². The molecular formula is C39H39Cl2F2N9O5. The van der Waals surface area contributed by atoms with E-state index in [9.17, 15) is 23.2 Å². The number of aryl methyl sites for hydroxylation is 2. The Morgan fingerprint density at radius 3 is 2.46 bits per heavy atom. The highest BCUT2D eigenvalue weighted by atomic mass is 35.5. The van der Waals surface area contributed by atoms with Crippen molar-refractivity contribution in [3.63, 3.8) is 0 Å². The summed E-state index contributed by atoms with van der Waals surface area (Å²) in [6.45, 7) is 3.22. The lowest BCUT2D eigenvalue weighted by atomic mass is 9.99. The van der Waals surface area contributed by atoms with Crippen LogP contribution in [-0.4, -0.2) is 92.5 Å². The third-order valence-corrected chi connectivity index (χ3v) is 12.0. The van der Waals surface area contributed by atoms with Crippen molar-refractivity contribution in [2.24, 2.45) is 14.1 Å². The Labute approximate surface area is 335 Å². The molecular weight excluding hydrogens is 783 g/mol. The van der Waals surface area contributed by atoms with Crippen LogP contribution in [0.25, 0.3) is 33.4 Å². The van der Waals surface area contributed by atoms with Gasteiger partial charge in [0, 0.05) is 75.7 Å². The van der Waals surface area contributed by atoms with Crippen LogP contribution < -0.4 is 26.6 Å². The molecule has 2 amide bonds. The maximum absolute atomic E-state index is 13.9. The summed E-state index contributed by atoms with van der Waals surface area (Å²) in [5.74, 6) is -0.589. The zero-order valence-electron chi connectivity index (χ0n) is 31.5. The van der Waals surface area contributed by atoms with E-state index in [1.54, 1.807) is 38.5 Å². The van der Waals surface area contributed by atoms with Crippen LogP contribution in [0.5, 0.6) is 5.88 Å². The van der Waals surface area contributed by atoms with E-state index in [1.807, 2.05) is 23.1 Å². The van der Waals surface area contributed by atoms with Gasteiger partial charge < -0.3 is 25.0 Å². The smallest absolute Gasteiger partial charge is 0.332 e. The molecule has 1 aliphatic carbocycles. The maximum atomic E-state index is 13.9. The van der Waals surface area contributed by atoms with Crippen molar-refractivity contribution in [3.05, 3.63) is 90.3 Å². The highest BCUT2D eigenvalue weighted by molar-refractivity contribution is 6.39. The van der Waals surface area contributed by atoms with Gasteiger partial charge >= 0.3 is 11.7 Å². The number of ether oxygens (including phenoxy) is 2. The number of hydrogen-bond acceptors (Lipinski definition) is 10. The maximum Gasteiger partial charge on any atom is 0.332 e. The molecule has 2 fully saturated rings. The number of halogens is 4. The van der Waals surface area contributed by atoms with Crippen LogP contribution >= 0.6 is 23.2 Å². The van der Waals surface area contributed by atoms with Crippen LogP contribution in [0.3, 0.4) is 0 Å². The number of pyridine rings is 1. The van der Waals surface area contributed by atoms with E-state index < -0.39 is 23.5 Å². The first-order valence-corrected chi connectivity index (χ1v) is 19.1. The topological polar surface area (TPSA) is 149 Å². The predicted molar refractivity (Wildman–Crippen MR) is 212 cm³/mol. The van der Waals surface area contributed by atoms with Crippen molar-refractivity contribution in [2.75, 3.05) is 52.3 Å². The standard InChI is InChI=1S/C39H39Cl2F2N9O5/c1-49-34-28(36(53)50(2)38(49)55)32(46-33(47-34)31(42)43)44-24-10-6-8-22(30(24)41)21-7-5-9-23(29(21)40)25-17-20-11-12-26(27(20)35(45-25)57-4)51-14-13-39(18-51)19-52(15-16-56-3)37(54)48-39/h5-10,17,26,31H,11-16,18-19H2,1-4H3,(H,48,54)(H,44,46,47)/t26-,39+/m1/s1. The summed E-state index contributed by atoms with van der Waals surface area (Å²) in [7, 11) is 5.85. The highest BCUT2D eigenvalue weighted by Crippen LogP contribution is 2.47. The lowest BCUT2D eigenvalue weighted by Crippen LogP contribution is -2.46. The lowest BCUT2D eigenvalue weighted by molar-refractivity contribution is 0.141. The van der Waals surface area contributed by atoms with Gasteiger partial charge in [0.25, 0.3) is 12.0 Å². The summed E-state index contributed by atoms with van der Waals surface area (Å²) in [4.78, 5) is 55.6. The van der Waals surface area contributed by atoms with Crippen LogP contribution in [0.15, 0.2) is 52.1 Å². The summed E-state index contributed by atoms with van der Waals surface area (Å²) in [5, 5.41) is 6.58. The number of likely N-dealkylation sites (tertiary alicyclic amines) is 1. The van der Waals surface area contributed by atoms with Gasteiger partial charge in [-0.3, -0.25) is 18.8 Å². The minimum Gasteiger partial charge on any atom is -0.481 e. The molecule has 2 N–H and O–H groups in total. The van der Waals surface area contributed by atoms with Gasteiger partial charge in [-0.2, -0.15) is 0 Å². The Hall–Kier alpha value is -5.16. The number of hydrogen-bond donors (Lipinski definition) is 2. The molecule has 298 valence electrons. The largest absolute Gasteiger partial charge is 0.481 e. The van der Waals surface area contributed by atoms with E-state index in [0.29, 0.717) is 53.0 Å². The first kappa shape index (κ1) is 38.7. The number of rotatable bonds is 10. The molecule has 14 nitrogen and oxygen atoms in total. The van der Waals surface area contributed by atoms with Crippen LogP contribution in [0.1, 0.15) is 42.3 Å². The Balaban J connectivity index is 1.11. The number of fused-ring (bicyclic) bond motifs is 2. The molecule has 3 aliphatic rings. The van der Waals surface area contributed by atoms with Crippen LogP contribution in [0, 0.1) is 0 Å². The van der Waals surface area contributed by atoms with E-state index in [-0.39, 0.29) is 45.2 Å². The van der Waals surface area contributed by atoms with Gasteiger partial charge in [-0.25, -0.2) is 33.3 Å². The van der Waals surface area contributed by atoms with E-state index in [1.165, 1.54) is 14.1 Å². The third-order valence-electron chi connectivity index (χ3n) is 11.2. The summed E-state index contributed by atoms with van der Waals surface area (Å²) in [6, 6.07) is 12.6. The molecule has 3 aromatic heterocycles.